The van der Waals surface area contributed by atoms with E-state index in [-0.39, 0.29) is 11.2 Å². The van der Waals surface area contributed by atoms with Gasteiger partial charge in [0.15, 0.2) is 0 Å². The fourth-order valence-corrected chi connectivity index (χ4v) is 4.93. The van der Waals surface area contributed by atoms with Crippen molar-refractivity contribution in [3.05, 3.63) is 65.4 Å². The predicted molar refractivity (Wildman–Crippen MR) is 116 cm³/mol. The van der Waals surface area contributed by atoms with E-state index in [0.717, 1.165) is 28.5 Å². The average molecular weight is 412 g/mol. The molecule has 0 fully saturated rings. The second-order valence-corrected chi connectivity index (χ2v) is 8.44. The summed E-state index contributed by atoms with van der Waals surface area (Å²) in [5.41, 5.74) is 4.04. The molecule has 144 valence electrons. The van der Waals surface area contributed by atoms with Crippen molar-refractivity contribution in [2.45, 2.75) is 17.1 Å². The second-order valence-electron chi connectivity index (χ2n) is 6.47. The first-order valence-corrected chi connectivity index (χ1v) is 11.2. The molecule has 0 aliphatic carbocycles. The van der Waals surface area contributed by atoms with Gasteiger partial charge in [0.25, 0.3) is 0 Å². The van der Waals surface area contributed by atoms with Gasteiger partial charge in [-0.15, -0.1) is 23.5 Å². The van der Waals surface area contributed by atoms with Gasteiger partial charge in [0.05, 0.1) is 29.5 Å². The van der Waals surface area contributed by atoms with E-state index in [2.05, 4.69) is 35.8 Å². The number of carbonyl (C=O) groups excluding carboxylic acids is 1. The molecule has 0 saturated heterocycles. The molecule has 1 aliphatic rings. The van der Waals surface area contributed by atoms with Crippen molar-refractivity contribution in [2.75, 3.05) is 24.4 Å². The van der Waals surface area contributed by atoms with Gasteiger partial charge in [0.1, 0.15) is 11.6 Å². The molecule has 4 rings (SSSR count). The summed E-state index contributed by atoms with van der Waals surface area (Å²) in [7, 11) is 1.64. The van der Waals surface area contributed by atoms with Crippen LogP contribution in [0.25, 0.3) is 5.69 Å². The summed E-state index contributed by atoms with van der Waals surface area (Å²) in [6, 6.07) is 16.2. The van der Waals surface area contributed by atoms with Crippen molar-refractivity contribution in [2.24, 2.45) is 0 Å². The molecule has 1 amide bonds. The van der Waals surface area contributed by atoms with Gasteiger partial charge in [-0.1, -0.05) is 12.1 Å². The van der Waals surface area contributed by atoms with Crippen molar-refractivity contribution in [3.8, 4) is 11.4 Å². The van der Waals surface area contributed by atoms with Gasteiger partial charge in [-0.3, -0.25) is 4.79 Å². The van der Waals surface area contributed by atoms with Crippen molar-refractivity contribution in [1.29, 1.82) is 0 Å². The SMILES string of the molecule is COc1ccc(-n2nc(C)c3c2NC(=O)CS[C@@H]3c2ccc(SC)cc2)cc1. The zero-order valence-electron chi connectivity index (χ0n) is 15.9. The molecule has 1 aliphatic heterocycles. The van der Waals surface area contributed by atoms with E-state index in [1.807, 2.05) is 35.9 Å². The number of benzene rings is 2. The van der Waals surface area contributed by atoms with Crippen molar-refractivity contribution in [3.63, 3.8) is 0 Å². The van der Waals surface area contributed by atoms with E-state index in [1.54, 1.807) is 30.6 Å². The van der Waals surface area contributed by atoms with Gasteiger partial charge in [0.2, 0.25) is 5.91 Å². The van der Waals surface area contributed by atoms with E-state index in [4.69, 9.17) is 9.84 Å². The van der Waals surface area contributed by atoms with Crippen LogP contribution >= 0.6 is 23.5 Å². The van der Waals surface area contributed by atoms with Crippen LogP contribution < -0.4 is 10.1 Å². The largest absolute Gasteiger partial charge is 0.497 e. The molecular formula is C21H21N3O2S2. The summed E-state index contributed by atoms with van der Waals surface area (Å²) in [6.45, 7) is 2.00. The maximum absolute atomic E-state index is 12.4. The van der Waals surface area contributed by atoms with Crippen LogP contribution in [0.4, 0.5) is 5.82 Å². The number of hydrogen-bond acceptors (Lipinski definition) is 5. The zero-order valence-corrected chi connectivity index (χ0v) is 17.6. The number of aryl methyl sites for hydroxylation is 1. The Morgan fingerprint density at radius 1 is 1.18 bits per heavy atom. The Labute approximate surface area is 172 Å². The molecule has 0 unspecified atom stereocenters. The second kappa shape index (κ2) is 7.93. The Hall–Kier alpha value is -2.38. The van der Waals surface area contributed by atoms with Crippen LogP contribution in [0, 0.1) is 6.92 Å². The highest BCUT2D eigenvalue weighted by atomic mass is 32.2. The normalized spacial score (nSPS) is 16.2. The minimum atomic E-state index is -0.0101. The topological polar surface area (TPSA) is 56.1 Å². The summed E-state index contributed by atoms with van der Waals surface area (Å²) < 4.78 is 7.07. The number of thioether (sulfide) groups is 2. The highest BCUT2D eigenvalue weighted by Gasteiger charge is 2.30. The summed E-state index contributed by atoms with van der Waals surface area (Å²) >= 11 is 3.36. The summed E-state index contributed by atoms with van der Waals surface area (Å²) in [5.74, 6) is 1.93. The molecule has 1 aromatic heterocycles. The number of nitrogens with zero attached hydrogens (tertiary/aromatic N) is 2. The highest BCUT2D eigenvalue weighted by molar-refractivity contribution is 8.00. The maximum Gasteiger partial charge on any atom is 0.235 e. The van der Waals surface area contributed by atoms with E-state index >= 15 is 0 Å². The highest BCUT2D eigenvalue weighted by Crippen LogP contribution is 2.44. The molecule has 0 spiro atoms. The van der Waals surface area contributed by atoms with Crippen LogP contribution in [-0.2, 0) is 4.79 Å². The molecule has 2 aromatic carbocycles. The molecule has 7 heteroatoms. The van der Waals surface area contributed by atoms with Crippen LogP contribution in [0.15, 0.2) is 53.4 Å². The number of amides is 1. The molecule has 1 atom stereocenters. The Bertz CT molecular complexity index is 998. The Kier molecular flexibility index (Phi) is 5.37. The molecule has 28 heavy (non-hydrogen) atoms. The molecular weight excluding hydrogens is 390 g/mol. The molecule has 0 bridgehead atoms. The van der Waals surface area contributed by atoms with Gasteiger partial charge in [0, 0.05) is 10.5 Å². The van der Waals surface area contributed by atoms with Crippen LogP contribution in [0.2, 0.25) is 0 Å². The summed E-state index contributed by atoms with van der Waals surface area (Å²) in [5, 5.41) is 7.87. The molecule has 0 radical (unpaired) electrons. The lowest BCUT2D eigenvalue weighted by molar-refractivity contribution is -0.113. The number of rotatable bonds is 4. The Balaban J connectivity index is 1.82. The monoisotopic (exact) mass is 411 g/mol. The lowest BCUT2D eigenvalue weighted by Gasteiger charge is -2.16. The van der Waals surface area contributed by atoms with E-state index in [0.29, 0.717) is 5.75 Å². The quantitative estimate of drug-likeness (QED) is 0.632. The summed E-state index contributed by atoms with van der Waals surface area (Å²) in [4.78, 5) is 13.6. The minimum absolute atomic E-state index is 0.0101. The number of hydrogen-bond donors (Lipinski definition) is 1. The average Bonchev–Trinajstić information content (AvgIpc) is 2.93. The molecule has 0 saturated carbocycles. The Morgan fingerprint density at radius 2 is 1.89 bits per heavy atom. The third-order valence-electron chi connectivity index (χ3n) is 4.74. The van der Waals surface area contributed by atoms with E-state index in [1.165, 1.54) is 10.5 Å². The van der Waals surface area contributed by atoms with Crippen molar-refractivity contribution < 1.29 is 9.53 Å². The number of anilines is 1. The first kappa shape index (κ1) is 19.0. The van der Waals surface area contributed by atoms with Crippen molar-refractivity contribution in [1.82, 2.24) is 9.78 Å². The molecule has 1 N–H and O–H groups in total. The number of aromatic nitrogens is 2. The van der Waals surface area contributed by atoms with Crippen LogP contribution in [0.1, 0.15) is 22.1 Å². The third kappa shape index (κ3) is 3.52. The lowest BCUT2D eigenvalue weighted by Crippen LogP contribution is -2.15. The summed E-state index contributed by atoms with van der Waals surface area (Å²) in [6.07, 6.45) is 2.07. The van der Waals surface area contributed by atoms with Crippen molar-refractivity contribution >= 4 is 35.2 Å². The minimum Gasteiger partial charge on any atom is -0.497 e. The standard InChI is InChI=1S/C21H21N3O2S2/c1-13-19-20(14-4-10-17(27-3)11-5-14)28-12-18(25)22-21(19)24(23-13)15-6-8-16(26-2)9-7-15/h4-11,20H,12H2,1-3H3,(H,22,25)/t20-/m1/s1. The fourth-order valence-electron chi connectivity index (χ4n) is 3.34. The first-order valence-electron chi connectivity index (χ1n) is 8.90. The predicted octanol–water partition coefficient (Wildman–Crippen LogP) is 4.69. The number of carbonyl (C=O) groups is 1. The number of fused-ring (bicyclic) bond motifs is 1. The number of ether oxygens (including phenoxy) is 1. The van der Waals surface area contributed by atoms with Gasteiger partial charge in [-0.25, -0.2) is 4.68 Å². The zero-order chi connectivity index (χ0) is 19.7. The molecule has 2 heterocycles. The third-order valence-corrected chi connectivity index (χ3v) is 6.76. The van der Waals surface area contributed by atoms with Gasteiger partial charge in [-0.2, -0.15) is 5.10 Å². The van der Waals surface area contributed by atoms with E-state index < -0.39 is 0 Å². The van der Waals surface area contributed by atoms with Crippen LogP contribution in [0.5, 0.6) is 5.75 Å². The van der Waals surface area contributed by atoms with E-state index in [9.17, 15) is 4.79 Å². The van der Waals surface area contributed by atoms with Gasteiger partial charge in [-0.05, 0) is 55.1 Å². The Morgan fingerprint density at radius 3 is 2.54 bits per heavy atom. The maximum atomic E-state index is 12.4. The fraction of sp³-hybridized carbons (Fsp3) is 0.238. The first-order chi connectivity index (χ1) is 13.6. The van der Waals surface area contributed by atoms with Gasteiger partial charge >= 0.3 is 0 Å². The number of methoxy groups -OCH3 is 1. The van der Waals surface area contributed by atoms with Crippen LogP contribution in [0.3, 0.4) is 0 Å². The molecule has 3 aromatic rings. The smallest absolute Gasteiger partial charge is 0.235 e. The lowest BCUT2D eigenvalue weighted by atomic mass is 10.0. The van der Waals surface area contributed by atoms with Gasteiger partial charge < -0.3 is 10.1 Å². The van der Waals surface area contributed by atoms with Crippen LogP contribution in [-0.4, -0.2) is 34.8 Å². The number of nitrogens with one attached hydrogen (secondary N) is 1. The molecule has 5 nitrogen and oxygen atoms in total.